The summed E-state index contributed by atoms with van der Waals surface area (Å²) in [7, 11) is 0. The third-order valence-corrected chi connectivity index (χ3v) is 8.62. The first-order valence-electron chi connectivity index (χ1n) is 12.2. The first kappa shape index (κ1) is 23.4. The fraction of sp³-hybridized carbons (Fsp3) is 0.792. The molecular weight excluding hydrogens is 410 g/mol. The molecule has 2 saturated heterocycles. The van der Waals surface area contributed by atoms with Crippen molar-refractivity contribution >= 4 is 17.6 Å². The van der Waals surface area contributed by atoms with Gasteiger partial charge in [-0.15, -0.1) is 0 Å². The molecule has 0 aromatic carbocycles. The molecule has 3 fully saturated rings. The Bertz CT molecular complexity index is 797. The van der Waals surface area contributed by atoms with Crippen molar-refractivity contribution in [3.63, 3.8) is 0 Å². The van der Waals surface area contributed by atoms with E-state index in [0.717, 1.165) is 25.7 Å². The molecule has 2 aliphatic carbocycles. The van der Waals surface area contributed by atoms with E-state index in [-0.39, 0.29) is 36.0 Å². The topological polar surface area (TPSA) is 110 Å². The monoisotopic (exact) mass is 447 g/mol. The van der Waals surface area contributed by atoms with E-state index >= 15 is 0 Å². The van der Waals surface area contributed by atoms with Crippen LogP contribution in [0.1, 0.15) is 52.9 Å². The van der Waals surface area contributed by atoms with Gasteiger partial charge >= 0.3 is 0 Å². The number of hydrogen-bond acceptors (Lipinski definition) is 6. The van der Waals surface area contributed by atoms with E-state index in [1.54, 1.807) is 4.90 Å². The molecule has 4 rings (SSSR count). The molecule has 3 N–H and O–H groups in total. The Morgan fingerprint density at radius 3 is 2.53 bits per heavy atom. The van der Waals surface area contributed by atoms with Gasteiger partial charge in [0.15, 0.2) is 11.5 Å². The summed E-state index contributed by atoms with van der Waals surface area (Å²) in [5, 5.41) is 21.8. The number of fused-ring (bicyclic) bond motifs is 2. The number of allylic oxidation sites excluding steroid dienone is 2. The van der Waals surface area contributed by atoms with E-state index in [0.29, 0.717) is 25.4 Å². The molecular formula is C24H37N3O5. The maximum atomic E-state index is 13.9. The smallest absolute Gasteiger partial charge is 0.237 e. The van der Waals surface area contributed by atoms with Crippen LogP contribution in [0.25, 0.3) is 0 Å². The number of rotatable bonds is 6. The summed E-state index contributed by atoms with van der Waals surface area (Å²) in [6, 6.07) is -1.23. The molecule has 178 valence electrons. The van der Waals surface area contributed by atoms with Gasteiger partial charge in [0, 0.05) is 25.6 Å². The molecule has 8 heteroatoms. The highest BCUT2D eigenvalue weighted by molar-refractivity contribution is 6.06. The summed E-state index contributed by atoms with van der Waals surface area (Å²) >= 11 is 0. The average molecular weight is 448 g/mol. The van der Waals surface area contributed by atoms with Crippen molar-refractivity contribution in [3.05, 3.63) is 12.2 Å². The van der Waals surface area contributed by atoms with E-state index in [2.05, 4.69) is 17.6 Å². The highest BCUT2D eigenvalue weighted by Crippen LogP contribution is 2.49. The Balaban J connectivity index is 1.66. The molecule has 0 aromatic heterocycles. The molecule has 8 unspecified atom stereocenters. The van der Waals surface area contributed by atoms with Gasteiger partial charge in [-0.1, -0.05) is 31.9 Å². The standard InChI is InChI=1S/C24H37N3O5/c1-4-26(5-2)22(29)17-12-13-27-23(30)19(21(25-32)24(17,27)31)20(28)18-14(3)10-11-15-8-6-7-9-16(15)18/h10-11,14-19,21,25,31-32H,4-9,12-13H2,1-3H3. The maximum absolute atomic E-state index is 13.9. The van der Waals surface area contributed by atoms with Gasteiger partial charge in [0.1, 0.15) is 5.92 Å². The number of hydrogen-bond donors (Lipinski definition) is 3. The predicted molar refractivity (Wildman–Crippen MR) is 117 cm³/mol. The van der Waals surface area contributed by atoms with Crippen LogP contribution in [0.3, 0.4) is 0 Å². The van der Waals surface area contributed by atoms with Crippen LogP contribution in [0.4, 0.5) is 0 Å². The van der Waals surface area contributed by atoms with Gasteiger partial charge in [-0.25, -0.2) is 0 Å². The molecule has 4 aliphatic rings. The number of hydroxylamine groups is 1. The van der Waals surface area contributed by atoms with Gasteiger partial charge in [0.2, 0.25) is 11.8 Å². The third-order valence-electron chi connectivity index (χ3n) is 8.62. The number of carbonyl (C=O) groups excluding carboxylic acids is 3. The summed E-state index contributed by atoms with van der Waals surface area (Å²) in [4.78, 5) is 43.4. The average Bonchev–Trinajstić information content (AvgIpc) is 3.24. The molecule has 32 heavy (non-hydrogen) atoms. The molecule has 0 spiro atoms. The van der Waals surface area contributed by atoms with E-state index in [4.69, 9.17) is 0 Å². The van der Waals surface area contributed by atoms with E-state index in [1.807, 2.05) is 20.8 Å². The lowest BCUT2D eigenvalue weighted by Gasteiger charge is -2.42. The fourth-order valence-corrected chi connectivity index (χ4v) is 6.96. The Morgan fingerprint density at radius 1 is 1.19 bits per heavy atom. The SMILES string of the molecule is CCN(CC)C(=O)C1CCN2C(=O)C(C(=O)C3C(C)C=CC4CCCCC43)C(NO)C12O. The summed E-state index contributed by atoms with van der Waals surface area (Å²) < 4.78 is 0. The quantitative estimate of drug-likeness (QED) is 0.324. The third kappa shape index (κ3) is 3.33. The second kappa shape index (κ2) is 8.88. The number of Topliss-reactive ketones (excluding diaryl/α,β-unsaturated/α-hetero) is 1. The second-order valence-electron chi connectivity index (χ2n) is 9.99. The lowest BCUT2D eigenvalue weighted by atomic mass is 9.62. The van der Waals surface area contributed by atoms with E-state index in [9.17, 15) is 24.7 Å². The minimum atomic E-state index is -1.91. The highest BCUT2D eigenvalue weighted by atomic mass is 16.5. The van der Waals surface area contributed by atoms with Crippen molar-refractivity contribution < 1.29 is 24.7 Å². The Hall–Kier alpha value is -1.77. The fourth-order valence-electron chi connectivity index (χ4n) is 6.96. The molecule has 8 atom stereocenters. The van der Waals surface area contributed by atoms with Crippen molar-refractivity contribution in [2.24, 2.45) is 35.5 Å². The number of nitrogens with one attached hydrogen (secondary N) is 1. The number of aliphatic hydroxyl groups is 1. The largest absolute Gasteiger partial charge is 0.368 e. The first-order chi connectivity index (χ1) is 15.3. The highest BCUT2D eigenvalue weighted by Gasteiger charge is 2.68. The molecule has 0 bridgehead atoms. The van der Waals surface area contributed by atoms with Gasteiger partial charge in [-0.2, -0.15) is 5.48 Å². The summed E-state index contributed by atoms with van der Waals surface area (Å²) in [5.41, 5.74) is 0.190. The van der Waals surface area contributed by atoms with Crippen LogP contribution < -0.4 is 5.48 Å². The predicted octanol–water partition coefficient (Wildman–Crippen LogP) is 1.57. The van der Waals surface area contributed by atoms with Crippen molar-refractivity contribution in [2.45, 2.75) is 64.6 Å². The lowest BCUT2D eigenvalue weighted by Crippen LogP contribution is -2.60. The van der Waals surface area contributed by atoms with Crippen LogP contribution in [0.5, 0.6) is 0 Å². The second-order valence-corrected chi connectivity index (χ2v) is 9.99. The summed E-state index contributed by atoms with van der Waals surface area (Å²) in [6.07, 6.45) is 8.83. The number of carbonyl (C=O) groups is 3. The Labute approximate surface area is 190 Å². The number of ketones is 1. The normalized spacial score (nSPS) is 40.8. The minimum Gasteiger partial charge on any atom is -0.368 e. The van der Waals surface area contributed by atoms with Crippen LogP contribution in [0.2, 0.25) is 0 Å². The first-order valence-corrected chi connectivity index (χ1v) is 12.2. The van der Waals surface area contributed by atoms with Crippen LogP contribution in [-0.2, 0) is 14.4 Å². The molecule has 8 nitrogen and oxygen atoms in total. The molecule has 0 radical (unpaired) electrons. The van der Waals surface area contributed by atoms with E-state index < -0.39 is 29.5 Å². The lowest BCUT2D eigenvalue weighted by molar-refractivity contribution is -0.165. The zero-order valence-electron chi connectivity index (χ0n) is 19.4. The van der Waals surface area contributed by atoms with Gasteiger partial charge in [0.05, 0.1) is 12.0 Å². The summed E-state index contributed by atoms with van der Waals surface area (Å²) in [6.45, 7) is 6.92. The van der Waals surface area contributed by atoms with Gasteiger partial charge in [-0.05, 0) is 50.9 Å². The molecule has 2 aliphatic heterocycles. The Kier molecular flexibility index (Phi) is 6.49. The van der Waals surface area contributed by atoms with Crippen molar-refractivity contribution in [2.75, 3.05) is 19.6 Å². The Morgan fingerprint density at radius 2 is 1.88 bits per heavy atom. The molecule has 0 aromatic rings. The van der Waals surface area contributed by atoms with Gasteiger partial charge in [0.25, 0.3) is 0 Å². The molecule has 2 heterocycles. The van der Waals surface area contributed by atoms with Crippen LogP contribution in [-0.4, -0.2) is 69.1 Å². The minimum absolute atomic E-state index is 0.00724. The van der Waals surface area contributed by atoms with Crippen LogP contribution in [0.15, 0.2) is 12.2 Å². The molecule has 2 amide bonds. The van der Waals surface area contributed by atoms with Crippen molar-refractivity contribution in [1.82, 2.24) is 15.3 Å². The number of amides is 2. The van der Waals surface area contributed by atoms with E-state index in [1.165, 1.54) is 4.90 Å². The van der Waals surface area contributed by atoms with Gasteiger partial charge < -0.3 is 20.1 Å². The van der Waals surface area contributed by atoms with Crippen LogP contribution in [0, 0.1) is 35.5 Å². The summed E-state index contributed by atoms with van der Waals surface area (Å²) in [5.74, 6) is -2.82. The zero-order valence-corrected chi connectivity index (χ0v) is 19.4. The molecule has 1 saturated carbocycles. The van der Waals surface area contributed by atoms with Crippen LogP contribution >= 0.6 is 0 Å². The van der Waals surface area contributed by atoms with Gasteiger partial charge in [-0.3, -0.25) is 14.4 Å². The number of nitrogens with zero attached hydrogens (tertiary/aromatic N) is 2. The van der Waals surface area contributed by atoms with Crippen molar-refractivity contribution in [3.8, 4) is 0 Å². The maximum Gasteiger partial charge on any atom is 0.237 e. The van der Waals surface area contributed by atoms with Crippen molar-refractivity contribution in [1.29, 1.82) is 0 Å². The zero-order chi connectivity index (χ0) is 23.2.